The molecule has 0 bridgehead atoms. The standard InChI is InChI=1S/C23H21N5O4/c1-13-4-10-17(11-5-13)28-22(31)20-19(26-23(28)32)18(12-27(20)3)21(30)25-16-8-6-15(7-9-16)24-14(2)29/h4-12H,1-3H3,(H,24,29)(H,25,30)(H,26,32). The molecule has 2 amide bonds. The van der Waals surface area contributed by atoms with Gasteiger partial charge in [0.1, 0.15) is 5.52 Å². The number of benzene rings is 2. The largest absolute Gasteiger partial charge is 0.344 e. The Bertz CT molecular complexity index is 1460. The minimum atomic E-state index is -0.633. The van der Waals surface area contributed by atoms with Crippen molar-refractivity contribution in [3.8, 4) is 5.69 Å². The van der Waals surface area contributed by atoms with E-state index in [1.807, 2.05) is 19.1 Å². The molecule has 9 heteroatoms. The molecule has 2 aromatic carbocycles. The Morgan fingerprint density at radius 1 is 0.906 bits per heavy atom. The van der Waals surface area contributed by atoms with Gasteiger partial charge in [-0.25, -0.2) is 9.36 Å². The van der Waals surface area contributed by atoms with Crippen LogP contribution in [0.25, 0.3) is 16.7 Å². The maximum atomic E-state index is 13.1. The Labute approximate surface area is 182 Å². The van der Waals surface area contributed by atoms with Gasteiger partial charge in [0.15, 0.2) is 0 Å². The van der Waals surface area contributed by atoms with Crippen LogP contribution in [0.2, 0.25) is 0 Å². The van der Waals surface area contributed by atoms with Crippen LogP contribution in [-0.4, -0.2) is 25.9 Å². The van der Waals surface area contributed by atoms with Gasteiger partial charge in [0, 0.05) is 31.5 Å². The lowest BCUT2D eigenvalue weighted by Crippen LogP contribution is -2.34. The maximum Gasteiger partial charge on any atom is 0.333 e. The molecule has 2 heterocycles. The third-order valence-electron chi connectivity index (χ3n) is 5.02. The SMILES string of the molecule is CC(=O)Nc1ccc(NC(=O)c2cn(C)c3c(=O)n(-c4ccc(C)cc4)c(=O)[nH]c23)cc1. The normalized spacial score (nSPS) is 10.8. The van der Waals surface area contributed by atoms with Gasteiger partial charge in [-0.2, -0.15) is 0 Å². The maximum absolute atomic E-state index is 13.1. The predicted molar refractivity (Wildman–Crippen MR) is 123 cm³/mol. The van der Waals surface area contributed by atoms with Crippen molar-refractivity contribution in [1.82, 2.24) is 14.1 Å². The third kappa shape index (κ3) is 3.83. The number of aryl methyl sites for hydroxylation is 2. The second-order valence-corrected chi connectivity index (χ2v) is 7.50. The second kappa shape index (κ2) is 8.03. The minimum absolute atomic E-state index is 0.165. The van der Waals surface area contributed by atoms with E-state index in [1.165, 1.54) is 17.7 Å². The van der Waals surface area contributed by atoms with Crippen molar-refractivity contribution in [2.75, 3.05) is 10.6 Å². The van der Waals surface area contributed by atoms with Crippen LogP contribution in [0, 0.1) is 6.92 Å². The first kappa shape index (κ1) is 20.9. The van der Waals surface area contributed by atoms with Crippen LogP contribution < -0.4 is 21.9 Å². The molecule has 162 valence electrons. The lowest BCUT2D eigenvalue weighted by molar-refractivity contribution is -0.114. The van der Waals surface area contributed by atoms with Crippen LogP contribution in [0.15, 0.2) is 64.3 Å². The number of hydrogen-bond donors (Lipinski definition) is 3. The molecular formula is C23H21N5O4. The van der Waals surface area contributed by atoms with Crippen molar-refractivity contribution in [2.24, 2.45) is 7.05 Å². The molecule has 0 unspecified atom stereocenters. The van der Waals surface area contributed by atoms with Gasteiger partial charge in [-0.1, -0.05) is 17.7 Å². The fraction of sp³-hybridized carbons (Fsp3) is 0.130. The Morgan fingerprint density at radius 2 is 1.50 bits per heavy atom. The summed E-state index contributed by atoms with van der Waals surface area (Å²) in [5, 5.41) is 5.39. The molecule has 0 aliphatic carbocycles. The summed E-state index contributed by atoms with van der Waals surface area (Å²) in [5.74, 6) is -0.677. The van der Waals surface area contributed by atoms with Gasteiger partial charge in [-0.05, 0) is 43.3 Å². The topological polar surface area (TPSA) is 118 Å². The number of fused-ring (bicyclic) bond motifs is 1. The fourth-order valence-electron chi connectivity index (χ4n) is 3.51. The number of nitrogens with zero attached hydrogens (tertiary/aromatic N) is 2. The number of anilines is 2. The number of nitrogens with one attached hydrogen (secondary N) is 3. The number of hydrogen-bond acceptors (Lipinski definition) is 4. The highest BCUT2D eigenvalue weighted by Gasteiger charge is 2.20. The first-order valence-corrected chi connectivity index (χ1v) is 9.85. The monoisotopic (exact) mass is 431 g/mol. The number of carbonyl (C=O) groups excluding carboxylic acids is 2. The molecule has 4 rings (SSSR count). The van der Waals surface area contributed by atoms with Crippen LogP contribution in [0.1, 0.15) is 22.8 Å². The zero-order chi connectivity index (χ0) is 23.0. The van der Waals surface area contributed by atoms with E-state index in [0.29, 0.717) is 17.1 Å². The predicted octanol–water partition coefficient (Wildman–Crippen LogP) is 2.54. The molecule has 32 heavy (non-hydrogen) atoms. The fourth-order valence-corrected chi connectivity index (χ4v) is 3.51. The van der Waals surface area contributed by atoms with Crippen LogP contribution >= 0.6 is 0 Å². The molecule has 3 N–H and O–H groups in total. The Kier molecular flexibility index (Phi) is 5.23. The molecule has 4 aromatic rings. The number of rotatable bonds is 4. The van der Waals surface area contributed by atoms with E-state index in [4.69, 9.17) is 0 Å². The summed E-state index contributed by atoms with van der Waals surface area (Å²) >= 11 is 0. The van der Waals surface area contributed by atoms with Gasteiger partial charge >= 0.3 is 5.69 Å². The van der Waals surface area contributed by atoms with E-state index in [2.05, 4.69) is 15.6 Å². The third-order valence-corrected chi connectivity index (χ3v) is 5.02. The zero-order valence-electron chi connectivity index (χ0n) is 17.7. The van der Waals surface area contributed by atoms with Crippen molar-refractivity contribution < 1.29 is 9.59 Å². The average Bonchev–Trinajstić information content (AvgIpc) is 3.07. The molecule has 0 aliphatic heterocycles. The zero-order valence-corrected chi connectivity index (χ0v) is 17.7. The number of aromatic amines is 1. The lowest BCUT2D eigenvalue weighted by atomic mass is 10.2. The van der Waals surface area contributed by atoms with E-state index in [-0.39, 0.29) is 22.5 Å². The first-order valence-electron chi connectivity index (χ1n) is 9.85. The molecule has 0 aliphatic rings. The molecule has 0 spiro atoms. The van der Waals surface area contributed by atoms with Crippen molar-refractivity contribution >= 4 is 34.2 Å². The molecule has 9 nitrogen and oxygen atoms in total. The molecule has 0 fully saturated rings. The Balaban J connectivity index is 1.72. The van der Waals surface area contributed by atoms with Crippen LogP contribution in [0.5, 0.6) is 0 Å². The molecule has 0 saturated heterocycles. The summed E-state index contributed by atoms with van der Waals surface area (Å²) < 4.78 is 2.57. The highest BCUT2D eigenvalue weighted by Crippen LogP contribution is 2.19. The van der Waals surface area contributed by atoms with Crippen molar-refractivity contribution in [2.45, 2.75) is 13.8 Å². The molecular weight excluding hydrogens is 410 g/mol. The summed E-state index contributed by atoms with van der Waals surface area (Å²) in [5.41, 5.74) is 1.92. The van der Waals surface area contributed by atoms with Gasteiger partial charge in [-0.3, -0.25) is 14.4 Å². The van der Waals surface area contributed by atoms with Crippen molar-refractivity contribution in [3.63, 3.8) is 0 Å². The van der Waals surface area contributed by atoms with E-state index < -0.39 is 17.2 Å². The van der Waals surface area contributed by atoms with E-state index in [1.54, 1.807) is 43.4 Å². The van der Waals surface area contributed by atoms with Gasteiger partial charge in [0.05, 0.1) is 16.8 Å². The quantitative estimate of drug-likeness (QED) is 0.460. The summed E-state index contributed by atoms with van der Waals surface area (Å²) in [7, 11) is 1.64. The van der Waals surface area contributed by atoms with Crippen molar-refractivity contribution in [1.29, 1.82) is 0 Å². The van der Waals surface area contributed by atoms with Crippen LogP contribution in [0.3, 0.4) is 0 Å². The van der Waals surface area contributed by atoms with E-state index in [0.717, 1.165) is 10.1 Å². The molecule has 0 saturated carbocycles. The van der Waals surface area contributed by atoms with Crippen molar-refractivity contribution in [3.05, 3.63) is 86.7 Å². The second-order valence-electron chi connectivity index (χ2n) is 7.50. The van der Waals surface area contributed by atoms with Gasteiger partial charge < -0.3 is 20.2 Å². The molecule has 2 aromatic heterocycles. The minimum Gasteiger partial charge on any atom is -0.344 e. The smallest absolute Gasteiger partial charge is 0.333 e. The van der Waals surface area contributed by atoms with E-state index >= 15 is 0 Å². The molecule has 0 atom stereocenters. The number of carbonyl (C=O) groups is 2. The highest BCUT2D eigenvalue weighted by molar-refractivity contribution is 6.11. The number of amides is 2. The first-order chi connectivity index (χ1) is 15.2. The van der Waals surface area contributed by atoms with E-state index in [9.17, 15) is 19.2 Å². The van der Waals surface area contributed by atoms with Gasteiger partial charge in [0.25, 0.3) is 11.5 Å². The lowest BCUT2D eigenvalue weighted by Gasteiger charge is -2.07. The van der Waals surface area contributed by atoms with Gasteiger partial charge in [-0.15, -0.1) is 0 Å². The molecule has 0 radical (unpaired) electrons. The van der Waals surface area contributed by atoms with Crippen LogP contribution in [0.4, 0.5) is 11.4 Å². The summed E-state index contributed by atoms with van der Waals surface area (Å²) in [4.78, 5) is 52.6. The highest BCUT2D eigenvalue weighted by atomic mass is 16.2. The Morgan fingerprint density at radius 3 is 2.09 bits per heavy atom. The summed E-state index contributed by atoms with van der Waals surface area (Å²) in [6.07, 6.45) is 1.50. The summed E-state index contributed by atoms with van der Waals surface area (Å²) in [6, 6.07) is 13.6. The Hall–Kier alpha value is -4.40. The number of H-pyrrole nitrogens is 1. The average molecular weight is 431 g/mol. The summed E-state index contributed by atoms with van der Waals surface area (Å²) in [6.45, 7) is 3.32. The van der Waals surface area contributed by atoms with Crippen LogP contribution in [-0.2, 0) is 11.8 Å². The van der Waals surface area contributed by atoms with Gasteiger partial charge in [0.2, 0.25) is 5.91 Å². The number of aromatic nitrogens is 3.